The number of hydrogen-bond acceptors (Lipinski definition) is 9. The Balaban J connectivity index is 1.50. The summed E-state index contributed by atoms with van der Waals surface area (Å²) < 4.78 is 85.9. The second-order valence-corrected chi connectivity index (χ2v) is 9.01. The lowest BCUT2D eigenvalue weighted by atomic mass is 10.1. The number of pyridine rings is 2. The molecule has 9 nitrogen and oxygen atoms in total. The van der Waals surface area contributed by atoms with Gasteiger partial charge in [0, 0.05) is 44.4 Å². The number of fused-ring (bicyclic) bond motifs is 1. The minimum Gasteiger partial charge on any atom is -0.383 e. The Hall–Kier alpha value is -3.88. The Morgan fingerprint density at radius 1 is 0.821 bits per heavy atom. The summed E-state index contributed by atoms with van der Waals surface area (Å²) in [4.78, 5) is 20.7. The molecular formula is C24H24F6N8O. The molecule has 5 heterocycles. The van der Waals surface area contributed by atoms with Crippen molar-refractivity contribution in [3.8, 4) is 0 Å². The minimum absolute atomic E-state index is 0.0412. The number of nitrogens with two attached hydrogens (primary N) is 1. The van der Waals surface area contributed by atoms with Gasteiger partial charge in [-0.25, -0.2) is 15.0 Å². The van der Waals surface area contributed by atoms with Gasteiger partial charge in [-0.2, -0.15) is 31.3 Å². The Morgan fingerprint density at radius 3 is 2.23 bits per heavy atom. The predicted octanol–water partition coefficient (Wildman–Crippen LogP) is 4.07. The van der Waals surface area contributed by atoms with E-state index in [4.69, 9.17) is 15.5 Å². The summed E-state index contributed by atoms with van der Waals surface area (Å²) in [5.74, 6) is -0.152. The van der Waals surface area contributed by atoms with Crippen LogP contribution in [0.3, 0.4) is 0 Å². The van der Waals surface area contributed by atoms with Crippen molar-refractivity contribution < 1.29 is 31.1 Å². The highest BCUT2D eigenvalue weighted by Gasteiger charge is 2.36. The lowest BCUT2D eigenvalue weighted by molar-refractivity contribution is -0.138. The summed E-state index contributed by atoms with van der Waals surface area (Å²) in [6.07, 6.45) is -7.37. The number of anilines is 5. The van der Waals surface area contributed by atoms with Crippen LogP contribution in [0.5, 0.6) is 0 Å². The van der Waals surface area contributed by atoms with E-state index in [0.717, 1.165) is 18.2 Å². The van der Waals surface area contributed by atoms with Crippen molar-refractivity contribution in [2.45, 2.75) is 25.2 Å². The molecule has 5 rings (SSSR count). The van der Waals surface area contributed by atoms with E-state index in [1.54, 1.807) is 4.90 Å². The van der Waals surface area contributed by atoms with Gasteiger partial charge in [0.05, 0.1) is 30.0 Å². The Labute approximate surface area is 219 Å². The van der Waals surface area contributed by atoms with Crippen molar-refractivity contribution in [2.75, 3.05) is 60.2 Å². The first-order chi connectivity index (χ1) is 18.5. The first-order valence-electron chi connectivity index (χ1n) is 12.1. The summed E-state index contributed by atoms with van der Waals surface area (Å²) in [6.45, 7) is 2.39. The molecule has 0 radical (unpaired) electrons. The van der Waals surface area contributed by atoms with Crippen LogP contribution in [0.2, 0.25) is 0 Å². The minimum atomic E-state index is -4.66. The summed E-state index contributed by atoms with van der Waals surface area (Å²) in [6, 6.07) is 4.21. The third-order valence-electron chi connectivity index (χ3n) is 6.49. The van der Waals surface area contributed by atoms with E-state index in [2.05, 4.69) is 20.3 Å². The highest BCUT2D eigenvalue weighted by atomic mass is 19.4. The quantitative estimate of drug-likeness (QED) is 0.462. The highest BCUT2D eigenvalue weighted by molar-refractivity contribution is 5.63. The lowest BCUT2D eigenvalue weighted by Gasteiger charge is -2.28. The number of aromatic nitrogens is 4. The number of alkyl halides is 6. The Kier molecular flexibility index (Phi) is 7.09. The zero-order chi connectivity index (χ0) is 27.8. The average molecular weight is 554 g/mol. The normalized spacial score (nSPS) is 16.6. The van der Waals surface area contributed by atoms with Crippen LogP contribution in [0, 0.1) is 0 Å². The summed E-state index contributed by atoms with van der Waals surface area (Å²) in [5.41, 5.74) is 4.91. The monoisotopic (exact) mass is 554 g/mol. The molecule has 1 saturated heterocycles. The van der Waals surface area contributed by atoms with Crippen molar-refractivity contribution in [1.82, 2.24) is 19.9 Å². The fraction of sp³-hybridized carbons (Fsp3) is 0.417. The fourth-order valence-corrected chi connectivity index (χ4v) is 4.58. The summed E-state index contributed by atoms with van der Waals surface area (Å²) in [7, 11) is 0. The van der Waals surface area contributed by atoms with Crippen LogP contribution >= 0.6 is 0 Å². The third-order valence-corrected chi connectivity index (χ3v) is 6.49. The van der Waals surface area contributed by atoms with Crippen molar-refractivity contribution in [3.63, 3.8) is 0 Å². The topological polar surface area (TPSA) is 105 Å². The number of ether oxygens (including phenoxy) is 1. The molecule has 2 aliphatic rings. The second-order valence-electron chi connectivity index (χ2n) is 9.01. The standard InChI is InChI=1S/C24H24F6N8O/c25-23(26,27)15-3-4-18(34-19(15)31)35-20-14-5-8-37(21-16(24(28,29)30)2-1-7-32-21)9-6-17(14)33-22(36-20)38-10-12-39-13-11-38/h1-4,7H,5-6,8-13H2,(H3,31,33,34,35,36). The molecule has 0 aromatic carbocycles. The van der Waals surface area contributed by atoms with Crippen LogP contribution < -0.4 is 20.9 Å². The molecule has 3 N–H and O–H groups in total. The van der Waals surface area contributed by atoms with E-state index < -0.39 is 29.3 Å². The largest absolute Gasteiger partial charge is 0.419 e. The van der Waals surface area contributed by atoms with Crippen molar-refractivity contribution >= 4 is 29.2 Å². The number of nitrogens with zero attached hydrogens (tertiary/aromatic N) is 6. The van der Waals surface area contributed by atoms with E-state index in [9.17, 15) is 26.3 Å². The van der Waals surface area contributed by atoms with Crippen LogP contribution in [0.15, 0.2) is 30.5 Å². The zero-order valence-corrected chi connectivity index (χ0v) is 20.5. The van der Waals surface area contributed by atoms with Crippen LogP contribution in [-0.2, 0) is 29.9 Å². The van der Waals surface area contributed by atoms with Gasteiger partial charge in [-0.3, -0.25) is 0 Å². The van der Waals surface area contributed by atoms with Crippen LogP contribution in [0.4, 0.5) is 55.6 Å². The van der Waals surface area contributed by atoms with Gasteiger partial charge in [-0.1, -0.05) is 0 Å². The summed E-state index contributed by atoms with van der Waals surface area (Å²) >= 11 is 0. The third kappa shape index (κ3) is 5.77. The highest BCUT2D eigenvalue weighted by Crippen LogP contribution is 2.37. The van der Waals surface area contributed by atoms with Gasteiger partial charge in [-0.15, -0.1) is 0 Å². The van der Waals surface area contributed by atoms with Gasteiger partial charge in [-0.05, 0) is 30.7 Å². The number of halogens is 6. The summed E-state index contributed by atoms with van der Waals surface area (Å²) in [5, 5.41) is 2.97. The number of rotatable bonds is 4. The van der Waals surface area contributed by atoms with Gasteiger partial charge < -0.3 is 25.6 Å². The predicted molar refractivity (Wildman–Crippen MR) is 131 cm³/mol. The Morgan fingerprint density at radius 2 is 1.54 bits per heavy atom. The first-order valence-corrected chi connectivity index (χ1v) is 12.1. The van der Waals surface area contributed by atoms with Crippen molar-refractivity contribution in [3.05, 3.63) is 52.8 Å². The molecule has 208 valence electrons. The SMILES string of the molecule is Nc1nc(Nc2nc(N3CCOCC3)nc3c2CCN(c2ncccc2C(F)(F)F)CC3)ccc1C(F)(F)F. The molecule has 0 saturated carbocycles. The molecule has 0 bridgehead atoms. The molecule has 15 heteroatoms. The van der Waals surface area contributed by atoms with Gasteiger partial charge in [0.15, 0.2) is 0 Å². The van der Waals surface area contributed by atoms with E-state index in [0.29, 0.717) is 55.7 Å². The van der Waals surface area contributed by atoms with E-state index in [1.165, 1.54) is 12.3 Å². The number of nitrogens with one attached hydrogen (secondary N) is 1. The molecule has 0 unspecified atom stereocenters. The number of nitrogen functional groups attached to an aromatic ring is 1. The van der Waals surface area contributed by atoms with E-state index >= 15 is 0 Å². The molecule has 0 atom stereocenters. The number of morpholine rings is 1. The van der Waals surface area contributed by atoms with E-state index in [1.807, 2.05) is 4.90 Å². The number of hydrogen-bond donors (Lipinski definition) is 2. The van der Waals surface area contributed by atoms with Crippen molar-refractivity contribution in [2.24, 2.45) is 0 Å². The second kappa shape index (κ2) is 10.4. The molecule has 3 aromatic heterocycles. The molecule has 39 heavy (non-hydrogen) atoms. The lowest BCUT2D eigenvalue weighted by Crippen LogP contribution is -2.37. The van der Waals surface area contributed by atoms with Crippen LogP contribution in [0.25, 0.3) is 0 Å². The molecule has 2 aliphatic heterocycles. The van der Waals surface area contributed by atoms with E-state index in [-0.39, 0.29) is 31.1 Å². The molecule has 0 aliphatic carbocycles. The van der Waals surface area contributed by atoms with Crippen LogP contribution in [-0.4, -0.2) is 59.3 Å². The average Bonchev–Trinajstić information content (AvgIpc) is 3.11. The van der Waals surface area contributed by atoms with Gasteiger partial charge in [0.1, 0.15) is 23.3 Å². The molecule has 0 spiro atoms. The van der Waals surface area contributed by atoms with Gasteiger partial charge in [0.2, 0.25) is 5.95 Å². The maximum Gasteiger partial charge on any atom is 0.419 e. The van der Waals surface area contributed by atoms with Gasteiger partial charge >= 0.3 is 12.4 Å². The molecule has 0 amide bonds. The maximum atomic E-state index is 13.7. The smallest absolute Gasteiger partial charge is 0.383 e. The Bertz CT molecular complexity index is 1340. The molecular weight excluding hydrogens is 530 g/mol. The van der Waals surface area contributed by atoms with Gasteiger partial charge in [0.25, 0.3) is 0 Å². The fourth-order valence-electron chi connectivity index (χ4n) is 4.58. The zero-order valence-electron chi connectivity index (χ0n) is 20.5. The molecule has 3 aromatic rings. The molecule has 1 fully saturated rings. The maximum absolute atomic E-state index is 13.7. The van der Waals surface area contributed by atoms with Crippen LogP contribution in [0.1, 0.15) is 22.4 Å². The first kappa shape index (κ1) is 26.7. The van der Waals surface area contributed by atoms with Crippen molar-refractivity contribution in [1.29, 1.82) is 0 Å².